The standard InChI is InChI=1S/C12H18N2O2.ClH/c1-8-5-10(14-6-8)12(15)9-7-13-4-3-11(9)16-2;/h3-4,7-8,10,12,14-15H,5-6H2,1-2H3;1H/t8-,10-,12?;/m1./s1. The highest BCUT2D eigenvalue weighted by molar-refractivity contribution is 5.85. The van der Waals surface area contributed by atoms with Gasteiger partial charge in [0, 0.05) is 24.0 Å². The third-order valence-corrected chi connectivity index (χ3v) is 3.11. The minimum atomic E-state index is -0.548. The number of aromatic nitrogens is 1. The van der Waals surface area contributed by atoms with Crippen LogP contribution in [-0.4, -0.2) is 29.8 Å². The van der Waals surface area contributed by atoms with Crippen LogP contribution in [-0.2, 0) is 0 Å². The Morgan fingerprint density at radius 1 is 1.59 bits per heavy atom. The summed E-state index contributed by atoms with van der Waals surface area (Å²) < 4.78 is 5.23. The molecule has 3 atom stereocenters. The molecule has 0 aliphatic carbocycles. The molecule has 0 saturated carbocycles. The maximum atomic E-state index is 10.3. The molecule has 1 saturated heterocycles. The maximum Gasteiger partial charge on any atom is 0.127 e. The van der Waals surface area contributed by atoms with E-state index in [1.54, 1.807) is 25.6 Å². The molecule has 0 spiro atoms. The summed E-state index contributed by atoms with van der Waals surface area (Å²) in [5, 5.41) is 13.6. The van der Waals surface area contributed by atoms with Gasteiger partial charge in [0.25, 0.3) is 0 Å². The van der Waals surface area contributed by atoms with Gasteiger partial charge < -0.3 is 15.2 Å². The first-order chi connectivity index (χ1) is 7.72. The molecule has 0 radical (unpaired) electrons. The second kappa shape index (κ2) is 6.19. The van der Waals surface area contributed by atoms with E-state index in [2.05, 4.69) is 17.2 Å². The topological polar surface area (TPSA) is 54.4 Å². The third-order valence-electron chi connectivity index (χ3n) is 3.11. The second-order valence-electron chi connectivity index (χ2n) is 4.42. The van der Waals surface area contributed by atoms with Gasteiger partial charge in [0.05, 0.1) is 13.2 Å². The minimum Gasteiger partial charge on any atom is -0.496 e. The number of nitrogens with one attached hydrogen (secondary N) is 1. The summed E-state index contributed by atoms with van der Waals surface area (Å²) >= 11 is 0. The van der Waals surface area contributed by atoms with E-state index >= 15 is 0 Å². The number of nitrogens with zero attached hydrogens (tertiary/aromatic N) is 1. The summed E-state index contributed by atoms with van der Waals surface area (Å²) in [5.41, 5.74) is 0.761. The molecule has 17 heavy (non-hydrogen) atoms. The van der Waals surface area contributed by atoms with Crippen molar-refractivity contribution in [3.8, 4) is 5.75 Å². The van der Waals surface area contributed by atoms with Gasteiger partial charge in [0.15, 0.2) is 0 Å². The number of rotatable bonds is 3. The number of hydrogen-bond acceptors (Lipinski definition) is 4. The summed E-state index contributed by atoms with van der Waals surface area (Å²) in [6.45, 7) is 3.14. The molecule has 2 rings (SSSR count). The summed E-state index contributed by atoms with van der Waals surface area (Å²) in [6.07, 6.45) is 3.78. The van der Waals surface area contributed by atoms with Gasteiger partial charge in [-0.2, -0.15) is 0 Å². The quantitative estimate of drug-likeness (QED) is 0.864. The Hall–Kier alpha value is -0.840. The summed E-state index contributed by atoms with van der Waals surface area (Å²) in [5.74, 6) is 1.31. The van der Waals surface area contributed by atoms with Crippen LogP contribution in [0.4, 0.5) is 0 Å². The van der Waals surface area contributed by atoms with Crippen molar-refractivity contribution >= 4 is 12.4 Å². The molecule has 0 bridgehead atoms. The Kier molecular flexibility index (Phi) is 5.18. The summed E-state index contributed by atoms with van der Waals surface area (Å²) in [7, 11) is 1.61. The molecule has 2 N–H and O–H groups in total. The minimum absolute atomic E-state index is 0. The van der Waals surface area contributed by atoms with E-state index in [0.29, 0.717) is 11.7 Å². The molecule has 1 aromatic heterocycles. The fourth-order valence-electron chi connectivity index (χ4n) is 2.21. The number of halogens is 1. The van der Waals surface area contributed by atoms with Crippen LogP contribution in [0.1, 0.15) is 25.0 Å². The number of aliphatic hydroxyl groups excluding tert-OH is 1. The van der Waals surface area contributed by atoms with Crippen molar-refractivity contribution in [1.29, 1.82) is 0 Å². The molecular formula is C12H19ClN2O2. The lowest BCUT2D eigenvalue weighted by molar-refractivity contribution is 0.132. The largest absolute Gasteiger partial charge is 0.496 e. The Labute approximate surface area is 108 Å². The summed E-state index contributed by atoms with van der Waals surface area (Å²) in [4.78, 5) is 4.04. The van der Waals surface area contributed by atoms with Crippen LogP contribution in [0.5, 0.6) is 5.75 Å². The van der Waals surface area contributed by atoms with Crippen LogP contribution in [0, 0.1) is 5.92 Å². The zero-order chi connectivity index (χ0) is 11.5. The predicted molar refractivity (Wildman–Crippen MR) is 68.6 cm³/mol. The van der Waals surface area contributed by atoms with Crippen LogP contribution in [0.3, 0.4) is 0 Å². The zero-order valence-corrected chi connectivity index (χ0v) is 10.9. The Bertz CT molecular complexity index is 362. The van der Waals surface area contributed by atoms with Crippen molar-refractivity contribution in [1.82, 2.24) is 10.3 Å². The van der Waals surface area contributed by atoms with Gasteiger partial charge in [0.1, 0.15) is 5.75 Å². The normalized spacial score (nSPS) is 25.1. The molecule has 1 aliphatic rings. The molecule has 0 aromatic carbocycles. The van der Waals surface area contributed by atoms with Crippen LogP contribution < -0.4 is 10.1 Å². The molecule has 4 nitrogen and oxygen atoms in total. The first-order valence-corrected chi connectivity index (χ1v) is 5.61. The maximum absolute atomic E-state index is 10.3. The molecule has 1 aromatic rings. The van der Waals surface area contributed by atoms with Crippen molar-refractivity contribution in [2.75, 3.05) is 13.7 Å². The van der Waals surface area contributed by atoms with Crippen molar-refractivity contribution < 1.29 is 9.84 Å². The SMILES string of the molecule is COc1ccncc1C(O)[C@H]1C[C@@H](C)CN1.Cl. The molecular weight excluding hydrogens is 240 g/mol. The number of ether oxygens (including phenoxy) is 1. The molecule has 96 valence electrons. The highest BCUT2D eigenvalue weighted by atomic mass is 35.5. The highest BCUT2D eigenvalue weighted by Gasteiger charge is 2.29. The number of pyridine rings is 1. The average molecular weight is 259 g/mol. The third kappa shape index (κ3) is 3.09. The fourth-order valence-corrected chi connectivity index (χ4v) is 2.21. The number of methoxy groups -OCH3 is 1. The lowest BCUT2D eigenvalue weighted by atomic mass is 9.99. The first-order valence-electron chi connectivity index (χ1n) is 5.61. The van der Waals surface area contributed by atoms with E-state index in [-0.39, 0.29) is 18.4 Å². The second-order valence-corrected chi connectivity index (χ2v) is 4.42. The van der Waals surface area contributed by atoms with Gasteiger partial charge in [0.2, 0.25) is 0 Å². The smallest absolute Gasteiger partial charge is 0.127 e. The molecule has 1 unspecified atom stereocenters. The number of aliphatic hydroxyl groups is 1. The highest BCUT2D eigenvalue weighted by Crippen LogP contribution is 2.30. The van der Waals surface area contributed by atoms with Crippen LogP contribution in [0.25, 0.3) is 0 Å². The molecule has 2 heterocycles. The van der Waals surface area contributed by atoms with Crippen molar-refractivity contribution in [2.45, 2.75) is 25.5 Å². The monoisotopic (exact) mass is 258 g/mol. The first kappa shape index (κ1) is 14.2. The van der Waals surface area contributed by atoms with Gasteiger partial charge in [-0.3, -0.25) is 4.98 Å². The van der Waals surface area contributed by atoms with E-state index in [0.717, 1.165) is 18.5 Å². The van der Waals surface area contributed by atoms with Crippen LogP contribution >= 0.6 is 12.4 Å². The van der Waals surface area contributed by atoms with E-state index in [4.69, 9.17) is 4.74 Å². The van der Waals surface area contributed by atoms with E-state index in [1.165, 1.54) is 0 Å². The van der Waals surface area contributed by atoms with Crippen molar-refractivity contribution in [3.63, 3.8) is 0 Å². The molecule has 1 aliphatic heterocycles. The van der Waals surface area contributed by atoms with Gasteiger partial charge in [-0.05, 0) is 24.9 Å². The van der Waals surface area contributed by atoms with E-state index < -0.39 is 6.10 Å². The van der Waals surface area contributed by atoms with Crippen molar-refractivity contribution in [3.05, 3.63) is 24.0 Å². The lowest BCUT2D eigenvalue weighted by Crippen LogP contribution is -2.29. The fraction of sp³-hybridized carbons (Fsp3) is 0.583. The van der Waals surface area contributed by atoms with Crippen LogP contribution in [0.15, 0.2) is 18.5 Å². The number of hydrogen-bond donors (Lipinski definition) is 2. The Balaban J connectivity index is 0.00000144. The average Bonchev–Trinajstić information content (AvgIpc) is 2.75. The molecule has 5 heteroatoms. The summed E-state index contributed by atoms with van der Waals surface area (Å²) in [6, 6.07) is 1.88. The van der Waals surface area contributed by atoms with Gasteiger partial charge >= 0.3 is 0 Å². The van der Waals surface area contributed by atoms with E-state index in [9.17, 15) is 5.11 Å². The Morgan fingerprint density at radius 3 is 2.94 bits per heavy atom. The zero-order valence-electron chi connectivity index (χ0n) is 10.1. The lowest BCUT2D eigenvalue weighted by Gasteiger charge is -2.20. The van der Waals surface area contributed by atoms with Gasteiger partial charge in [-0.25, -0.2) is 0 Å². The predicted octanol–water partition coefficient (Wildman–Crippen LogP) is 1.54. The Morgan fingerprint density at radius 2 is 2.35 bits per heavy atom. The van der Waals surface area contributed by atoms with E-state index in [1.807, 2.05) is 0 Å². The van der Waals surface area contributed by atoms with Gasteiger partial charge in [-0.15, -0.1) is 12.4 Å². The molecule has 0 amide bonds. The van der Waals surface area contributed by atoms with Gasteiger partial charge in [-0.1, -0.05) is 6.92 Å². The van der Waals surface area contributed by atoms with Crippen molar-refractivity contribution in [2.24, 2.45) is 5.92 Å². The molecule has 1 fully saturated rings. The van der Waals surface area contributed by atoms with Crippen LogP contribution in [0.2, 0.25) is 0 Å².